The first-order chi connectivity index (χ1) is 21.2. The highest BCUT2D eigenvalue weighted by Crippen LogP contribution is 2.16. The van der Waals surface area contributed by atoms with E-state index in [4.69, 9.17) is 15.2 Å². The quantitative estimate of drug-likeness (QED) is 0.183. The summed E-state index contributed by atoms with van der Waals surface area (Å²) in [7, 11) is 3.11. The summed E-state index contributed by atoms with van der Waals surface area (Å²) in [5.74, 6) is -0.490. The number of aromatic nitrogens is 1. The summed E-state index contributed by atoms with van der Waals surface area (Å²) in [6.45, 7) is 5.65. The predicted octanol–water partition coefficient (Wildman–Crippen LogP) is 2.95. The second-order valence-corrected chi connectivity index (χ2v) is 10.5. The van der Waals surface area contributed by atoms with Crippen molar-refractivity contribution in [2.45, 2.75) is 51.8 Å². The molecule has 0 aliphatic rings. The Kier molecular flexibility index (Phi) is 13.1. The van der Waals surface area contributed by atoms with E-state index in [1.807, 2.05) is 38.1 Å². The van der Waals surface area contributed by atoms with Gasteiger partial charge in [0.2, 0.25) is 11.8 Å². The number of amides is 3. The zero-order chi connectivity index (χ0) is 32.1. The number of hydrogen-bond acceptors (Lipinski definition) is 8. The summed E-state index contributed by atoms with van der Waals surface area (Å²) >= 11 is 0. The molecule has 0 aliphatic heterocycles. The summed E-state index contributed by atoms with van der Waals surface area (Å²) in [5, 5.41) is 17.4. The number of pyridine rings is 1. The average Bonchev–Trinajstić information content (AvgIpc) is 3.03. The third-order valence-corrected chi connectivity index (χ3v) is 7.02. The van der Waals surface area contributed by atoms with Crippen LogP contribution in [0.1, 0.15) is 69.0 Å². The van der Waals surface area contributed by atoms with E-state index in [-0.39, 0.29) is 35.6 Å². The predicted molar refractivity (Wildman–Crippen MR) is 168 cm³/mol. The summed E-state index contributed by atoms with van der Waals surface area (Å²) in [6.07, 6.45) is 0.687. The topological polar surface area (TPSA) is 156 Å². The van der Waals surface area contributed by atoms with Gasteiger partial charge in [0.05, 0.1) is 26.4 Å². The van der Waals surface area contributed by atoms with E-state index in [1.54, 1.807) is 30.2 Å². The molecular weight excluding hydrogens is 562 g/mol. The Morgan fingerprint density at radius 3 is 2.27 bits per heavy atom. The molecule has 44 heavy (non-hydrogen) atoms. The maximum atomic E-state index is 13.6. The Bertz CT molecular complexity index is 1410. The summed E-state index contributed by atoms with van der Waals surface area (Å²) < 4.78 is 10.5. The smallest absolute Gasteiger partial charge is 0.253 e. The molecule has 0 bridgehead atoms. The standard InChI is InChI=1S/C33H43N5O6/c1-5-13-38(14-6-2)33(42)25-17-23(31(34)40)16-24(18-25)32(41)37-28(19-26-10-8-12-30(36-26)44-4)29(39)21-35-20-22-9-7-11-27(15-22)43-3/h7-12,15-18,28-29,35,39H,5-6,13-14,19-21H2,1-4H3,(H2,34,40)(H,37,41). The first-order valence-corrected chi connectivity index (χ1v) is 14.8. The Hall–Kier alpha value is -4.48. The van der Waals surface area contributed by atoms with E-state index < -0.39 is 24.0 Å². The van der Waals surface area contributed by atoms with Crippen LogP contribution in [0.4, 0.5) is 0 Å². The lowest BCUT2D eigenvalue weighted by Gasteiger charge is -2.25. The highest BCUT2D eigenvalue weighted by atomic mass is 16.5. The number of hydrogen-bond donors (Lipinski definition) is 4. The summed E-state index contributed by atoms with van der Waals surface area (Å²) in [5.41, 5.74) is 7.45. The molecule has 1 heterocycles. The van der Waals surface area contributed by atoms with Crippen molar-refractivity contribution in [3.63, 3.8) is 0 Å². The van der Waals surface area contributed by atoms with Crippen LogP contribution in [-0.2, 0) is 13.0 Å². The minimum atomic E-state index is -1.03. The van der Waals surface area contributed by atoms with Gasteiger partial charge in [0.1, 0.15) is 5.75 Å². The van der Waals surface area contributed by atoms with Crippen LogP contribution in [0.3, 0.4) is 0 Å². The molecule has 3 aromatic rings. The van der Waals surface area contributed by atoms with Crippen LogP contribution < -0.4 is 25.8 Å². The molecule has 0 saturated heterocycles. The monoisotopic (exact) mass is 605 g/mol. The lowest BCUT2D eigenvalue weighted by atomic mass is 10.0. The SMILES string of the molecule is CCCN(CCC)C(=O)c1cc(C(N)=O)cc(C(=O)NC(Cc2cccc(OC)n2)C(O)CNCc2cccc(OC)c2)c1. The molecular formula is C33H43N5O6. The van der Waals surface area contributed by atoms with E-state index >= 15 is 0 Å². The number of nitrogens with one attached hydrogen (secondary N) is 2. The molecule has 0 aliphatic carbocycles. The van der Waals surface area contributed by atoms with Crippen LogP contribution >= 0.6 is 0 Å². The zero-order valence-electron chi connectivity index (χ0n) is 25.8. The van der Waals surface area contributed by atoms with Gasteiger partial charge in [-0.3, -0.25) is 14.4 Å². The zero-order valence-corrected chi connectivity index (χ0v) is 25.8. The van der Waals surface area contributed by atoms with Gasteiger partial charge in [-0.2, -0.15) is 0 Å². The minimum absolute atomic E-state index is 0.0421. The number of aliphatic hydroxyl groups is 1. The molecule has 5 N–H and O–H groups in total. The number of nitrogens with zero attached hydrogens (tertiary/aromatic N) is 2. The van der Waals surface area contributed by atoms with E-state index in [1.165, 1.54) is 25.3 Å². The molecule has 2 unspecified atom stereocenters. The average molecular weight is 606 g/mol. The molecule has 0 fully saturated rings. The Labute approximate surface area is 258 Å². The fraction of sp³-hybridized carbons (Fsp3) is 0.394. The van der Waals surface area contributed by atoms with Crippen LogP contribution in [-0.4, -0.2) is 78.7 Å². The van der Waals surface area contributed by atoms with Gasteiger partial charge in [-0.15, -0.1) is 0 Å². The van der Waals surface area contributed by atoms with Crippen molar-refractivity contribution in [1.82, 2.24) is 20.5 Å². The molecule has 3 rings (SSSR count). The lowest BCUT2D eigenvalue weighted by Crippen LogP contribution is -2.48. The number of primary amides is 1. The Morgan fingerprint density at radius 1 is 0.932 bits per heavy atom. The minimum Gasteiger partial charge on any atom is -0.497 e. The number of carbonyl (C=O) groups excluding carboxylic acids is 3. The molecule has 2 aromatic carbocycles. The van der Waals surface area contributed by atoms with Crippen molar-refractivity contribution in [3.05, 3.63) is 88.6 Å². The lowest BCUT2D eigenvalue weighted by molar-refractivity contribution is 0.0755. The van der Waals surface area contributed by atoms with Gasteiger partial charge in [0.25, 0.3) is 11.8 Å². The number of benzene rings is 2. The molecule has 0 saturated carbocycles. The Balaban J connectivity index is 1.86. The van der Waals surface area contributed by atoms with Crippen molar-refractivity contribution < 1.29 is 29.0 Å². The van der Waals surface area contributed by atoms with E-state index in [9.17, 15) is 19.5 Å². The van der Waals surface area contributed by atoms with Crippen molar-refractivity contribution in [2.24, 2.45) is 5.73 Å². The van der Waals surface area contributed by atoms with Gasteiger partial charge in [-0.05, 0) is 54.8 Å². The second-order valence-electron chi connectivity index (χ2n) is 10.5. The van der Waals surface area contributed by atoms with Gasteiger partial charge in [0.15, 0.2) is 0 Å². The van der Waals surface area contributed by atoms with Crippen LogP contribution in [0.5, 0.6) is 11.6 Å². The summed E-state index contributed by atoms with van der Waals surface area (Å²) in [6, 6.07) is 16.3. The Morgan fingerprint density at radius 2 is 1.61 bits per heavy atom. The van der Waals surface area contributed by atoms with Crippen LogP contribution in [0.2, 0.25) is 0 Å². The number of methoxy groups -OCH3 is 2. The number of rotatable bonds is 17. The van der Waals surface area contributed by atoms with Gasteiger partial charge in [0, 0.05) is 61.1 Å². The van der Waals surface area contributed by atoms with E-state index in [0.717, 1.165) is 24.2 Å². The normalized spacial score (nSPS) is 12.2. The molecule has 0 radical (unpaired) electrons. The van der Waals surface area contributed by atoms with Crippen molar-refractivity contribution in [2.75, 3.05) is 33.9 Å². The molecule has 11 heteroatoms. The van der Waals surface area contributed by atoms with Crippen molar-refractivity contribution in [1.29, 1.82) is 0 Å². The van der Waals surface area contributed by atoms with E-state index in [0.29, 0.717) is 31.2 Å². The molecule has 0 spiro atoms. The third kappa shape index (κ3) is 9.78. The second kappa shape index (κ2) is 17.0. The maximum Gasteiger partial charge on any atom is 0.253 e. The van der Waals surface area contributed by atoms with Gasteiger partial charge < -0.3 is 35.8 Å². The van der Waals surface area contributed by atoms with Crippen molar-refractivity contribution >= 4 is 17.7 Å². The number of aliphatic hydroxyl groups excluding tert-OH is 1. The molecule has 236 valence electrons. The number of carbonyl (C=O) groups is 3. The van der Waals surface area contributed by atoms with Crippen LogP contribution in [0.25, 0.3) is 0 Å². The van der Waals surface area contributed by atoms with Crippen molar-refractivity contribution in [3.8, 4) is 11.6 Å². The molecule has 1 aromatic heterocycles. The van der Waals surface area contributed by atoms with Crippen LogP contribution in [0.15, 0.2) is 60.7 Å². The highest BCUT2D eigenvalue weighted by molar-refractivity contribution is 6.04. The van der Waals surface area contributed by atoms with E-state index in [2.05, 4.69) is 15.6 Å². The van der Waals surface area contributed by atoms with Crippen LogP contribution in [0, 0.1) is 0 Å². The largest absolute Gasteiger partial charge is 0.497 e. The fourth-order valence-electron chi connectivity index (χ4n) is 4.80. The van der Waals surface area contributed by atoms with Gasteiger partial charge in [-0.25, -0.2) is 4.98 Å². The summed E-state index contributed by atoms with van der Waals surface area (Å²) in [4.78, 5) is 45.3. The molecule has 3 amide bonds. The molecule has 2 atom stereocenters. The van der Waals surface area contributed by atoms with Gasteiger partial charge >= 0.3 is 0 Å². The fourth-order valence-corrected chi connectivity index (χ4v) is 4.80. The first-order valence-electron chi connectivity index (χ1n) is 14.8. The number of ether oxygens (including phenoxy) is 2. The third-order valence-electron chi connectivity index (χ3n) is 7.02. The van der Waals surface area contributed by atoms with Gasteiger partial charge in [-0.1, -0.05) is 32.0 Å². The number of nitrogens with two attached hydrogens (primary N) is 1. The first kappa shape index (κ1) is 34.0. The maximum absolute atomic E-state index is 13.6. The highest BCUT2D eigenvalue weighted by Gasteiger charge is 2.25. The molecule has 11 nitrogen and oxygen atoms in total.